The van der Waals surface area contributed by atoms with Crippen molar-refractivity contribution in [2.45, 2.75) is 12.7 Å². The second-order valence-corrected chi connectivity index (χ2v) is 4.49. The second-order valence-electron chi connectivity index (χ2n) is 4.49. The van der Waals surface area contributed by atoms with Gasteiger partial charge >= 0.3 is 6.18 Å². The summed E-state index contributed by atoms with van der Waals surface area (Å²) in [4.78, 5) is 3.72. The number of hydrogen-bond acceptors (Lipinski definition) is 1. The van der Waals surface area contributed by atoms with Crippen molar-refractivity contribution >= 4 is 11.0 Å². The molecule has 0 N–H and O–H groups in total. The van der Waals surface area contributed by atoms with E-state index in [-0.39, 0.29) is 6.54 Å². The smallest absolute Gasteiger partial charge is 0.316 e. The zero-order chi connectivity index (χ0) is 14.2. The molecule has 2 aromatic carbocycles. The van der Waals surface area contributed by atoms with Crippen LogP contribution in [0.5, 0.6) is 0 Å². The van der Waals surface area contributed by atoms with Gasteiger partial charge in [0.2, 0.25) is 5.82 Å². The van der Waals surface area contributed by atoms with Crippen molar-refractivity contribution in [3.05, 3.63) is 66.0 Å². The number of alkyl halides is 3. The van der Waals surface area contributed by atoms with Gasteiger partial charge in [-0.3, -0.25) is 0 Å². The Kier molecular flexibility index (Phi) is 2.97. The molecule has 20 heavy (non-hydrogen) atoms. The Labute approximate surface area is 113 Å². The van der Waals surface area contributed by atoms with Crippen LogP contribution in [0.15, 0.2) is 54.6 Å². The lowest BCUT2D eigenvalue weighted by Gasteiger charge is -2.11. The zero-order valence-electron chi connectivity index (χ0n) is 10.4. The van der Waals surface area contributed by atoms with Gasteiger partial charge in [-0.05, 0) is 17.7 Å². The molecular weight excluding hydrogens is 265 g/mol. The Bertz CT molecular complexity index is 730. The summed E-state index contributed by atoms with van der Waals surface area (Å²) < 4.78 is 40.5. The topological polar surface area (TPSA) is 17.8 Å². The summed E-state index contributed by atoms with van der Waals surface area (Å²) in [6, 6.07) is 15.7. The molecule has 0 aliphatic carbocycles. The standard InChI is InChI=1S/C15H11F3N2/c16-15(17,18)14-19-12-8-4-5-9-13(12)20(14)10-11-6-2-1-3-7-11/h1-9H,10H2. The minimum Gasteiger partial charge on any atom is -0.316 e. The first kappa shape index (κ1) is 12.7. The number of nitrogens with zero attached hydrogens (tertiary/aromatic N) is 2. The number of imidazole rings is 1. The summed E-state index contributed by atoms with van der Waals surface area (Å²) >= 11 is 0. The number of fused-ring (bicyclic) bond motifs is 1. The SMILES string of the molecule is FC(F)(F)c1nc2ccccc2n1Cc1ccccc1. The molecule has 0 unspecified atom stereocenters. The predicted octanol–water partition coefficient (Wildman–Crippen LogP) is 4.10. The molecule has 0 bridgehead atoms. The van der Waals surface area contributed by atoms with Crippen LogP contribution in [-0.2, 0) is 12.7 Å². The molecule has 0 radical (unpaired) electrons. The Morgan fingerprint density at radius 3 is 2.25 bits per heavy atom. The molecular formula is C15H11F3N2. The fraction of sp³-hybridized carbons (Fsp3) is 0.133. The minimum atomic E-state index is -4.46. The fourth-order valence-corrected chi connectivity index (χ4v) is 2.22. The van der Waals surface area contributed by atoms with Crippen LogP contribution >= 0.6 is 0 Å². The van der Waals surface area contributed by atoms with E-state index in [1.165, 1.54) is 4.57 Å². The van der Waals surface area contributed by atoms with Crippen LogP contribution in [0.2, 0.25) is 0 Å². The molecule has 0 saturated carbocycles. The van der Waals surface area contributed by atoms with E-state index in [1.807, 2.05) is 18.2 Å². The number of aromatic nitrogens is 2. The van der Waals surface area contributed by atoms with Gasteiger partial charge in [0.1, 0.15) is 0 Å². The maximum atomic E-state index is 13.1. The largest absolute Gasteiger partial charge is 0.449 e. The van der Waals surface area contributed by atoms with E-state index in [4.69, 9.17) is 0 Å². The summed E-state index contributed by atoms with van der Waals surface area (Å²) in [5, 5.41) is 0. The highest BCUT2D eigenvalue weighted by Crippen LogP contribution is 2.31. The molecule has 3 rings (SSSR count). The van der Waals surface area contributed by atoms with Crippen molar-refractivity contribution < 1.29 is 13.2 Å². The van der Waals surface area contributed by atoms with Gasteiger partial charge in [-0.1, -0.05) is 42.5 Å². The van der Waals surface area contributed by atoms with Crippen molar-refractivity contribution in [2.75, 3.05) is 0 Å². The average Bonchev–Trinajstić information content (AvgIpc) is 2.79. The van der Waals surface area contributed by atoms with E-state index in [0.29, 0.717) is 11.0 Å². The molecule has 2 nitrogen and oxygen atoms in total. The van der Waals surface area contributed by atoms with E-state index >= 15 is 0 Å². The van der Waals surface area contributed by atoms with Gasteiger partial charge in [0, 0.05) is 6.54 Å². The van der Waals surface area contributed by atoms with Crippen molar-refractivity contribution in [1.29, 1.82) is 0 Å². The number of para-hydroxylation sites is 2. The Morgan fingerprint density at radius 1 is 0.900 bits per heavy atom. The summed E-state index contributed by atoms with van der Waals surface area (Å²) in [6.45, 7) is 0.149. The number of hydrogen-bond donors (Lipinski definition) is 0. The second kappa shape index (κ2) is 4.67. The molecule has 0 atom stereocenters. The fourth-order valence-electron chi connectivity index (χ4n) is 2.22. The summed E-state index contributed by atoms with van der Waals surface area (Å²) in [5.41, 5.74) is 1.65. The van der Waals surface area contributed by atoms with E-state index in [0.717, 1.165) is 5.56 Å². The van der Waals surface area contributed by atoms with E-state index in [1.54, 1.807) is 36.4 Å². The Morgan fingerprint density at radius 2 is 1.55 bits per heavy atom. The summed E-state index contributed by atoms with van der Waals surface area (Å²) in [5.74, 6) is -0.859. The Balaban J connectivity index is 2.16. The van der Waals surface area contributed by atoms with Gasteiger partial charge in [-0.25, -0.2) is 4.98 Å². The average molecular weight is 276 g/mol. The third-order valence-electron chi connectivity index (χ3n) is 3.09. The number of halogens is 3. The van der Waals surface area contributed by atoms with Gasteiger partial charge < -0.3 is 4.57 Å². The molecule has 0 spiro atoms. The minimum absolute atomic E-state index is 0.149. The van der Waals surface area contributed by atoms with Crippen LogP contribution in [0.4, 0.5) is 13.2 Å². The normalized spacial score (nSPS) is 11.9. The predicted molar refractivity (Wildman–Crippen MR) is 70.3 cm³/mol. The van der Waals surface area contributed by atoms with Gasteiger partial charge in [0.15, 0.2) is 0 Å². The summed E-state index contributed by atoms with van der Waals surface area (Å²) in [6.07, 6.45) is -4.46. The van der Waals surface area contributed by atoms with Gasteiger partial charge in [-0.2, -0.15) is 13.2 Å². The first-order valence-corrected chi connectivity index (χ1v) is 6.12. The van der Waals surface area contributed by atoms with Gasteiger partial charge in [0.05, 0.1) is 11.0 Å². The quantitative estimate of drug-likeness (QED) is 0.689. The Hall–Kier alpha value is -2.30. The molecule has 0 amide bonds. The first-order chi connectivity index (χ1) is 9.55. The molecule has 5 heteroatoms. The zero-order valence-corrected chi connectivity index (χ0v) is 10.4. The number of benzene rings is 2. The maximum absolute atomic E-state index is 13.1. The van der Waals surface area contributed by atoms with Crippen LogP contribution < -0.4 is 0 Å². The molecule has 0 fully saturated rings. The lowest BCUT2D eigenvalue weighted by atomic mass is 10.2. The lowest BCUT2D eigenvalue weighted by molar-refractivity contribution is -0.146. The molecule has 0 aliphatic rings. The van der Waals surface area contributed by atoms with E-state index in [2.05, 4.69) is 4.98 Å². The lowest BCUT2D eigenvalue weighted by Crippen LogP contribution is -2.15. The van der Waals surface area contributed by atoms with Gasteiger partial charge in [-0.15, -0.1) is 0 Å². The summed E-state index contributed by atoms with van der Waals surface area (Å²) in [7, 11) is 0. The van der Waals surface area contributed by atoms with Crippen LogP contribution in [0.1, 0.15) is 11.4 Å². The molecule has 3 aromatic rings. The molecule has 0 aliphatic heterocycles. The maximum Gasteiger partial charge on any atom is 0.449 e. The van der Waals surface area contributed by atoms with Gasteiger partial charge in [0.25, 0.3) is 0 Å². The van der Waals surface area contributed by atoms with Crippen LogP contribution in [0, 0.1) is 0 Å². The van der Waals surface area contributed by atoms with E-state index < -0.39 is 12.0 Å². The third-order valence-corrected chi connectivity index (χ3v) is 3.09. The van der Waals surface area contributed by atoms with Crippen molar-refractivity contribution in [2.24, 2.45) is 0 Å². The van der Waals surface area contributed by atoms with E-state index in [9.17, 15) is 13.2 Å². The monoisotopic (exact) mass is 276 g/mol. The molecule has 0 saturated heterocycles. The number of rotatable bonds is 2. The van der Waals surface area contributed by atoms with Crippen LogP contribution in [0.3, 0.4) is 0 Å². The highest BCUT2D eigenvalue weighted by atomic mass is 19.4. The first-order valence-electron chi connectivity index (χ1n) is 6.12. The van der Waals surface area contributed by atoms with Crippen molar-refractivity contribution in [3.63, 3.8) is 0 Å². The van der Waals surface area contributed by atoms with Crippen LogP contribution in [0.25, 0.3) is 11.0 Å². The van der Waals surface area contributed by atoms with Crippen molar-refractivity contribution in [3.8, 4) is 0 Å². The molecule has 1 heterocycles. The van der Waals surface area contributed by atoms with Crippen LogP contribution in [-0.4, -0.2) is 9.55 Å². The third kappa shape index (κ3) is 2.27. The highest BCUT2D eigenvalue weighted by molar-refractivity contribution is 5.76. The molecule has 1 aromatic heterocycles. The van der Waals surface area contributed by atoms with Crippen molar-refractivity contribution in [1.82, 2.24) is 9.55 Å². The highest BCUT2D eigenvalue weighted by Gasteiger charge is 2.37. The molecule has 102 valence electrons.